The maximum Gasteiger partial charge on any atom is 0.275 e. The molecular weight excluding hydrogens is 322 g/mol. The van der Waals surface area contributed by atoms with Crippen LogP contribution in [0, 0.1) is 0 Å². The predicted molar refractivity (Wildman–Crippen MR) is 91.8 cm³/mol. The maximum absolute atomic E-state index is 12.2. The second kappa shape index (κ2) is 8.20. The van der Waals surface area contributed by atoms with Crippen LogP contribution in [0.25, 0.3) is 0 Å². The number of ether oxygens (including phenoxy) is 2. The molecule has 1 aromatic carbocycles. The van der Waals surface area contributed by atoms with Gasteiger partial charge in [0.15, 0.2) is 18.0 Å². The van der Waals surface area contributed by atoms with E-state index in [1.165, 1.54) is 10.5 Å². The molecule has 3 N–H and O–H groups in total. The van der Waals surface area contributed by atoms with Gasteiger partial charge in [0.05, 0.1) is 13.1 Å². The largest absolute Gasteiger partial charge is 0.486 e. The quantitative estimate of drug-likeness (QED) is 0.643. The number of fused-ring (bicyclic) bond motifs is 1. The zero-order chi connectivity index (χ0) is 17.6. The second-order valence-corrected chi connectivity index (χ2v) is 6.41. The molecule has 136 valence electrons. The Labute approximate surface area is 147 Å². The van der Waals surface area contributed by atoms with Gasteiger partial charge in [0.25, 0.3) is 5.91 Å². The average Bonchev–Trinajstić information content (AvgIpc) is 3.08. The number of benzene rings is 1. The summed E-state index contributed by atoms with van der Waals surface area (Å²) in [6, 6.07) is 6.33. The molecule has 0 saturated carbocycles. The fraction of sp³-hybridized carbons (Fsp3) is 0.556. The molecule has 2 heterocycles. The molecule has 3 rings (SSSR count). The molecule has 2 atom stereocenters. The predicted octanol–water partition coefficient (Wildman–Crippen LogP) is -0.570. The van der Waals surface area contributed by atoms with Crippen LogP contribution < -0.4 is 25.0 Å². The van der Waals surface area contributed by atoms with Crippen LogP contribution in [0.15, 0.2) is 18.2 Å². The van der Waals surface area contributed by atoms with Crippen molar-refractivity contribution in [1.29, 1.82) is 0 Å². The molecule has 1 saturated heterocycles. The van der Waals surface area contributed by atoms with Crippen LogP contribution in [0.5, 0.6) is 11.5 Å². The van der Waals surface area contributed by atoms with E-state index in [1.54, 1.807) is 0 Å². The van der Waals surface area contributed by atoms with Crippen molar-refractivity contribution in [1.82, 2.24) is 10.6 Å². The van der Waals surface area contributed by atoms with Crippen LogP contribution in [-0.2, 0) is 9.59 Å². The number of likely N-dealkylation sites (N-methyl/N-ethyl adjacent to an activating group) is 1. The Kier molecular flexibility index (Phi) is 5.75. The van der Waals surface area contributed by atoms with Crippen molar-refractivity contribution in [3.05, 3.63) is 23.8 Å². The van der Waals surface area contributed by atoms with Gasteiger partial charge in [-0.1, -0.05) is 0 Å². The lowest BCUT2D eigenvalue weighted by Crippen LogP contribution is -3.11. The Morgan fingerprint density at radius 3 is 2.76 bits per heavy atom. The summed E-state index contributed by atoms with van der Waals surface area (Å²) in [4.78, 5) is 24.8. The third-order valence-corrected chi connectivity index (χ3v) is 4.66. The van der Waals surface area contributed by atoms with Crippen molar-refractivity contribution in [2.45, 2.75) is 25.8 Å². The lowest BCUT2D eigenvalue weighted by molar-refractivity contribution is -0.910. The van der Waals surface area contributed by atoms with Gasteiger partial charge in [-0.25, -0.2) is 0 Å². The third-order valence-electron chi connectivity index (χ3n) is 4.66. The highest BCUT2D eigenvalue weighted by Crippen LogP contribution is 2.33. The highest BCUT2D eigenvalue weighted by atomic mass is 16.6. The number of nitrogens with one attached hydrogen (secondary N) is 3. The molecule has 1 aromatic rings. The van der Waals surface area contributed by atoms with E-state index >= 15 is 0 Å². The van der Waals surface area contributed by atoms with Gasteiger partial charge in [0, 0.05) is 24.9 Å². The summed E-state index contributed by atoms with van der Waals surface area (Å²) in [5, 5.41) is 5.37. The van der Waals surface area contributed by atoms with Gasteiger partial charge in [-0.3, -0.25) is 9.59 Å². The van der Waals surface area contributed by atoms with Crippen LogP contribution in [0.4, 0.5) is 0 Å². The third kappa shape index (κ3) is 4.42. The summed E-state index contributed by atoms with van der Waals surface area (Å²) in [7, 11) is 0. The van der Waals surface area contributed by atoms with Gasteiger partial charge in [0.1, 0.15) is 19.3 Å². The Morgan fingerprint density at radius 2 is 1.96 bits per heavy atom. The Hall–Kier alpha value is -2.28. The van der Waals surface area contributed by atoms with Crippen LogP contribution in [0.1, 0.15) is 31.4 Å². The summed E-state index contributed by atoms with van der Waals surface area (Å²) in [6.45, 7) is 4.93. The molecule has 0 aromatic heterocycles. The van der Waals surface area contributed by atoms with Crippen molar-refractivity contribution in [2.75, 3.05) is 39.4 Å². The molecular formula is C18H26N3O4+. The van der Waals surface area contributed by atoms with Crippen LogP contribution in [0.3, 0.4) is 0 Å². The van der Waals surface area contributed by atoms with E-state index in [4.69, 9.17) is 9.47 Å². The van der Waals surface area contributed by atoms with E-state index in [0.717, 1.165) is 30.9 Å². The number of carbonyl (C=O) groups excluding carboxylic acids is 2. The molecule has 1 unspecified atom stereocenters. The number of hydrogen-bond acceptors (Lipinski definition) is 4. The standard InChI is InChI=1S/C18H25N3O4/c1-2-19-17(22)11-20-18(23)12-21-7-3-4-14(21)13-5-6-15-16(10-13)25-9-8-24-15/h5-6,10,14H,2-4,7-9,11-12H2,1H3,(H,19,22)(H,20,23)/p+1/t14-/m1/s1. The number of carbonyl (C=O) groups is 2. The molecule has 25 heavy (non-hydrogen) atoms. The zero-order valence-electron chi connectivity index (χ0n) is 14.6. The summed E-state index contributed by atoms with van der Waals surface area (Å²) in [5.41, 5.74) is 1.17. The summed E-state index contributed by atoms with van der Waals surface area (Å²) < 4.78 is 11.2. The molecule has 2 aliphatic rings. The minimum absolute atomic E-state index is 0.0364. The van der Waals surface area contributed by atoms with Crippen LogP contribution in [-0.4, -0.2) is 51.2 Å². The van der Waals surface area contributed by atoms with Crippen LogP contribution >= 0.6 is 0 Å². The smallest absolute Gasteiger partial charge is 0.275 e. The van der Waals surface area contributed by atoms with Gasteiger partial charge in [-0.05, 0) is 25.1 Å². The van der Waals surface area contributed by atoms with E-state index in [1.807, 2.05) is 19.1 Å². The zero-order valence-corrected chi connectivity index (χ0v) is 14.6. The van der Waals surface area contributed by atoms with E-state index in [-0.39, 0.29) is 24.4 Å². The average molecular weight is 348 g/mol. The molecule has 1 fully saturated rings. The van der Waals surface area contributed by atoms with Crippen molar-refractivity contribution in [3.8, 4) is 11.5 Å². The molecule has 7 nitrogen and oxygen atoms in total. The molecule has 2 aliphatic heterocycles. The van der Waals surface area contributed by atoms with Gasteiger partial charge in [-0.15, -0.1) is 0 Å². The summed E-state index contributed by atoms with van der Waals surface area (Å²) in [5.74, 6) is 1.33. The Bertz CT molecular complexity index is 635. The van der Waals surface area contributed by atoms with Gasteiger partial charge in [-0.2, -0.15) is 0 Å². The first-order valence-electron chi connectivity index (χ1n) is 8.95. The van der Waals surface area contributed by atoms with Crippen molar-refractivity contribution < 1.29 is 24.0 Å². The first-order valence-corrected chi connectivity index (χ1v) is 8.95. The number of likely N-dealkylation sites (tertiary alicyclic amines) is 1. The van der Waals surface area contributed by atoms with E-state index < -0.39 is 0 Å². The minimum Gasteiger partial charge on any atom is -0.486 e. The van der Waals surface area contributed by atoms with Crippen molar-refractivity contribution in [2.24, 2.45) is 0 Å². The number of rotatable bonds is 6. The number of quaternary nitrogens is 1. The Morgan fingerprint density at radius 1 is 1.16 bits per heavy atom. The fourth-order valence-corrected chi connectivity index (χ4v) is 3.51. The SMILES string of the molecule is CCNC(=O)CNC(=O)C[NH+]1CCC[C@@H]1c1ccc2c(c1)OCCO2. The molecule has 0 spiro atoms. The normalized spacial score (nSPS) is 21.6. The summed E-state index contributed by atoms with van der Waals surface area (Å²) in [6.07, 6.45) is 2.12. The van der Waals surface area contributed by atoms with E-state index in [2.05, 4.69) is 16.7 Å². The number of hydrogen-bond donors (Lipinski definition) is 3. The van der Waals surface area contributed by atoms with Crippen molar-refractivity contribution >= 4 is 11.8 Å². The lowest BCUT2D eigenvalue weighted by Gasteiger charge is -2.24. The van der Waals surface area contributed by atoms with Crippen molar-refractivity contribution in [3.63, 3.8) is 0 Å². The first kappa shape index (κ1) is 17.5. The molecule has 0 aliphatic carbocycles. The number of amides is 2. The van der Waals surface area contributed by atoms with Gasteiger partial charge >= 0.3 is 0 Å². The van der Waals surface area contributed by atoms with E-state index in [9.17, 15) is 9.59 Å². The molecule has 0 radical (unpaired) electrons. The van der Waals surface area contributed by atoms with E-state index in [0.29, 0.717) is 26.3 Å². The molecule has 2 amide bonds. The molecule has 7 heteroatoms. The second-order valence-electron chi connectivity index (χ2n) is 6.41. The first-order chi connectivity index (χ1) is 12.2. The monoisotopic (exact) mass is 348 g/mol. The topological polar surface area (TPSA) is 81.1 Å². The van der Waals surface area contributed by atoms with Crippen LogP contribution in [0.2, 0.25) is 0 Å². The lowest BCUT2D eigenvalue weighted by atomic mass is 10.0. The highest BCUT2D eigenvalue weighted by Gasteiger charge is 2.32. The van der Waals surface area contributed by atoms with Gasteiger partial charge < -0.3 is 25.0 Å². The summed E-state index contributed by atoms with van der Waals surface area (Å²) >= 11 is 0. The fourth-order valence-electron chi connectivity index (χ4n) is 3.51. The Balaban J connectivity index is 1.59. The minimum atomic E-state index is -0.157. The van der Waals surface area contributed by atoms with Gasteiger partial charge in [0.2, 0.25) is 5.91 Å². The maximum atomic E-state index is 12.2. The molecule has 0 bridgehead atoms. The highest BCUT2D eigenvalue weighted by molar-refractivity contribution is 5.84.